The zero-order chi connectivity index (χ0) is 18.2. The van der Waals surface area contributed by atoms with Gasteiger partial charge in [0, 0.05) is 18.5 Å². The number of halogens is 3. The first kappa shape index (κ1) is 17.9. The average Bonchev–Trinajstić information content (AvgIpc) is 3.08. The molecule has 9 heteroatoms. The molecule has 138 valence electrons. The minimum atomic E-state index is -4.13. The molecule has 0 bridgehead atoms. The van der Waals surface area contributed by atoms with Crippen molar-refractivity contribution in [1.82, 2.24) is 24.7 Å². The lowest BCUT2D eigenvalue weighted by Crippen LogP contribution is -2.33. The summed E-state index contributed by atoms with van der Waals surface area (Å²) < 4.78 is 39.1. The molecule has 0 amide bonds. The van der Waals surface area contributed by atoms with E-state index in [2.05, 4.69) is 20.6 Å². The monoisotopic (exact) mass is 356 g/mol. The molecule has 0 spiro atoms. The molecule has 1 saturated heterocycles. The van der Waals surface area contributed by atoms with E-state index >= 15 is 0 Å². The smallest absolute Gasteiger partial charge is 0.368 e. The Labute approximate surface area is 144 Å². The largest absolute Gasteiger partial charge is 0.401 e. The third-order valence-corrected chi connectivity index (χ3v) is 4.28. The van der Waals surface area contributed by atoms with Gasteiger partial charge in [-0.1, -0.05) is 20.8 Å². The highest BCUT2D eigenvalue weighted by Crippen LogP contribution is 2.23. The fourth-order valence-corrected chi connectivity index (χ4v) is 3.08. The predicted octanol–water partition coefficient (Wildman–Crippen LogP) is 2.72. The molecule has 1 atom stereocenters. The highest BCUT2D eigenvalue weighted by atomic mass is 19.4. The van der Waals surface area contributed by atoms with E-state index in [0.717, 1.165) is 12.2 Å². The van der Waals surface area contributed by atoms with E-state index in [1.165, 1.54) is 4.90 Å². The third kappa shape index (κ3) is 4.39. The summed E-state index contributed by atoms with van der Waals surface area (Å²) in [7, 11) is 0. The van der Waals surface area contributed by atoms with Crippen LogP contribution in [0.3, 0.4) is 0 Å². The number of alkyl halides is 3. The van der Waals surface area contributed by atoms with Gasteiger partial charge in [-0.05, 0) is 31.0 Å². The van der Waals surface area contributed by atoms with Crippen molar-refractivity contribution < 1.29 is 13.2 Å². The van der Waals surface area contributed by atoms with Gasteiger partial charge in [0.1, 0.15) is 5.82 Å². The lowest BCUT2D eigenvalue weighted by molar-refractivity contribution is -0.143. The Balaban J connectivity index is 1.62. The molecule has 1 unspecified atom stereocenters. The molecule has 2 aromatic rings. The molecule has 1 aliphatic heterocycles. The second-order valence-corrected chi connectivity index (χ2v) is 7.65. The van der Waals surface area contributed by atoms with Gasteiger partial charge in [0.2, 0.25) is 0 Å². The van der Waals surface area contributed by atoms with Crippen LogP contribution in [0, 0.1) is 5.92 Å². The molecule has 0 aliphatic carbocycles. The minimum absolute atomic E-state index is 0.183. The van der Waals surface area contributed by atoms with Crippen LogP contribution < -0.4 is 5.32 Å². The van der Waals surface area contributed by atoms with Gasteiger partial charge in [-0.2, -0.15) is 17.7 Å². The molecule has 1 aliphatic rings. The van der Waals surface area contributed by atoms with Crippen LogP contribution in [0.15, 0.2) is 12.1 Å². The standard InChI is InChI=1S/C16H23F3N6/c1-15(2,3)14-22-21-13-5-4-12(23-25(13)14)20-8-11-6-7-24(9-11)10-16(17,18)19/h4-5,11H,6-10H2,1-3H3,(H,20,23). The quantitative estimate of drug-likeness (QED) is 0.913. The van der Waals surface area contributed by atoms with Crippen molar-refractivity contribution in [2.24, 2.45) is 5.92 Å². The summed E-state index contributed by atoms with van der Waals surface area (Å²) in [6.07, 6.45) is -3.38. The van der Waals surface area contributed by atoms with Gasteiger partial charge in [0.15, 0.2) is 11.5 Å². The van der Waals surface area contributed by atoms with Gasteiger partial charge in [-0.15, -0.1) is 15.3 Å². The van der Waals surface area contributed by atoms with Crippen molar-refractivity contribution in [2.45, 2.75) is 38.8 Å². The fraction of sp³-hybridized carbons (Fsp3) is 0.688. The van der Waals surface area contributed by atoms with E-state index < -0.39 is 12.7 Å². The van der Waals surface area contributed by atoms with Crippen LogP contribution in [0.2, 0.25) is 0 Å². The number of hydrogen-bond donors (Lipinski definition) is 1. The highest BCUT2D eigenvalue weighted by molar-refractivity contribution is 5.44. The molecule has 1 fully saturated rings. The maximum Gasteiger partial charge on any atom is 0.401 e. The van der Waals surface area contributed by atoms with Gasteiger partial charge in [0.25, 0.3) is 0 Å². The van der Waals surface area contributed by atoms with Crippen molar-refractivity contribution in [3.8, 4) is 0 Å². The summed E-state index contributed by atoms with van der Waals surface area (Å²) >= 11 is 0. The molecule has 0 radical (unpaired) electrons. The Morgan fingerprint density at radius 2 is 1.96 bits per heavy atom. The average molecular weight is 356 g/mol. The fourth-order valence-electron chi connectivity index (χ4n) is 3.08. The topological polar surface area (TPSA) is 58.4 Å². The summed E-state index contributed by atoms with van der Waals surface area (Å²) in [4.78, 5) is 1.46. The Morgan fingerprint density at radius 3 is 2.64 bits per heavy atom. The lowest BCUT2D eigenvalue weighted by atomic mass is 9.96. The van der Waals surface area contributed by atoms with E-state index in [0.29, 0.717) is 31.1 Å². The number of hydrogen-bond acceptors (Lipinski definition) is 5. The van der Waals surface area contributed by atoms with Gasteiger partial charge in [-0.25, -0.2) is 0 Å². The number of rotatable bonds is 4. The zero-order valence-electron chi connectivity index (χ0n) is 14.6. The van der Waals surface area contributed by atoms with Crippen LogP contribution in [-0.4, -0.2) is 57.1 Å². The van der Waals surface area contributed by atoms with E-state index in [1.807, 2.05) is 32.9 Å². The first-order valence-electron chi connectivity index (χ1n) is 8.38. The van der Waals surface area contributed by atoms with Crippen LogP contribution in [0.1, 0.15) is 33.0 Å². The lowest BCUT2D eigenvalue weighted by Gasteiger charge is -2.18. The first-order chi connectivity index (χ1) is 11.6. The molecule has 25 heavy (non-hydrogen) atoms. The normalized spacial score (nSPS) is 19.7. The van der Waals surface area contributed by atoms with Gasteiger partial charge < -0.3 is 5.32 Å². The molecule has 3 heterocycles. The Bertz CT molecular complexity index is 734. The number of aromatic nitrogens is 4. The molecule has 3 rings (SSSR count). The summed E-state index contributed by atoms with van der Waals surface area (Å²) in [5, 5.41) is 16.1. The van der Waals surface area contributed by atoms with Crippen molar-refractivity contribution in [3.63, 3.8) is 0 Å². The molecule has 1 N–H and O–H groups in total. The molecule has 2 aromatic heterocycles. The summed E-state index contributed by atoms with van der Waals surface area (Å²) in [6.45, 7) is 6.83. The third-order valence-electron chi connectivity index (χ3n) is 4.28. The molecule has 0 aromatic carbocycles. The number of fused-ring (bicyclic) bond motifs is 1. The van der Waals surface area contributed by atoms with E-state index in [-0.39, 0.29) is 11.3 Å². The second kappa shape index (κ2) is 6.44. The summed E-state index contributed by atoms with van der Waals surface area (Å²) in [6, 6.07) is 3.65. The van der Waals surface area contributed by atoms with Gasteiger partial charge in [0.05, 0.1) is 6.54 Å². The highest BCUT2D eigenvalue weighted by Gasteiger charge is 2.34. The van der Waals surface area contributed by atoms with Gasteiger partial charge >= 0.3 is 6.18 Å². The molecule has 0 saturated carbocycles. The SMILES string of the molecule is CC(C)(C)c1nnc2ccc(NCC3CCN(CC(F)(F)F)C3)nn12. The van der Waals surface area contributed by atoms with Crippen molar-refractivity contribution >= 4 is 11.5 Å². The number of nitrogens with zero attached hydrogens (tertiary/aromatic N) is 5. The zero-order valence-corrected chi connectivity index (χ0v) is 14.6. The number of nitrogens with one attached hydrogen (secondary N) is 1. The van der Waals surface area contributed by atoms with E-state index in [1.54, 1.807) is 4.52 Å². The molecular formula is C16H23F3N6. The number of anilines is 1. The summed E-state index contributed by atoms with van der Waals surface area (Å²) in [5.41, 5.74) is 0.488. The Morgan fingerprint density at radius 1 is 1.20 bits per heavy atom. The van der Waals surface area contributed by atoms with Crippen LogP contribution in [0.5, 0.6) is 0 Å². The summed E-state index contributed by atoms with van der Waals surface area (Å²) in [5.74, 6) is 1.62. The molecule has 6 nitrogen and oxygen atoms in total. The van der Waals surface area contributed by atoms with Crippen LogP contribution in [0.4, 0.5) is 19.0 Å². The Kier molecular flexibility index (Phi) is 4.61. The van der Waals surface area contributed by atoms with Crippen LogP contribution >= 0.6 is 0 Å². The van der Waals surface area contributed by atoms with Gasteiger partial charge in [-0.3, -0.25) is 4.90 Å². The maximum absolute atomic E-state index is 12.5. The minimum Gasteiger partial charge on any atom is -0.368 e. The van der Waals surface area contributed by atoms with Crippen molar-refractivity contribution in [3.05, 3.63) is 18.0 Å². The van der Waals surface area contributed by atoms with Crippen molar-refractivity contribution in [2.75, 3.05) is 31.5 Å². The van der Waals surface area contributed by atoms with E-state index in [9.17, 15) is 13.2 Å². The first-order valence-corrected chi connectivity index (χ1v) is 8.38. The Hall–Kier alpha value is -1.90. The predicted molar refractivity (Wildman–Crippen MR) is 88.6 cm³/mol. The maximum atomic E-state index is 12.5. The van der Waals surface area contributed by atoms with Crippen LogP contribution in [0.25, 0.3) is 5.65 Å². The molecular weight excluding hydrogens is 333 g/mol. The second-order valence-electron chi connectivity index (χ2n) is 7.65. The van der Waals surface area contributed by atoms with Crippen LogP contribution in [-0.2, 0) is 5.41 Å². The van der Waals surface area contributed by atoms with Crippen molar-refractivity contribution in [1.29, 1.82) is 0 Å². The number of likely N-dealkylation sites (tertiary alicyclic amines) is 1. The van der Waals surface area contributed by atoms with E-state index in [4.69, 9.17) is 0 Å².